The molecule has 6 heteroatoms. The van der Waals surface area contributed by atoms with Crippen molar-refractivity contribution >= 4 is 11.9 Å². The molecule has 0 aliphatic carbocycles. The van der Waals surface area contributed by atoms with E-state index in [2.05, 4.69) is 5.32 Å². The quantitative estimate of drug-likeness (QED) is 0.803. The topological polar surface area (TPSA) is 73.9 Å². The molecule has 2 aromatic carbocycles. The third-order valence-corrected chi connectivity index (χ3v) is 3.93. The predicted octanol–water partition coefficient (Wildman–Crippen LogP) is 2.04. The second-order valence-electron chi connectivity index (χ2n) is 6.12. The highest BCUT2D eigenvalue weighted by atomic mass is 16.6. The zero-order valence-corrected chi connectivity index (χ0v) is 14.6. The number of hydrogen-bond acceptors (Lipinski definition) is 5. The van der Waals surface area contributed by atoms with E-state index in [0.717, 1.165) is 11.1 Å². The molecule has 0 saturated carbocycles. The maximum Gasteiger partial charge on any atom is 0.310 e. The van der Waals surface area contributed by atoms with Gasteiger partial charge in [0.15, 0.2) is 18.1 Å². The van der Waals surface area contributed by atoms with Crippen molar-refractivity contribution in [2.45, 2.75) is 19.4 Å². The van der Waals surface area contributed by atoms with E-state index in [0.29, 0.717) is 18.1 Å². The van der Waals surface area contributed by atoms with Crippen molar-refractivity contribution in [1.82, 2.24) is 5.32 Å². The van der Waals surface area contributed by atoms with Crippen LogP contribution < -0.4 is 14.8 Å². The number of ether oxygens (including phenoxy) is 3. The molecule has 1 unspecified atom stereocenters. The number of benzene rings is 2. The van der Waals surface area contributed by atoms with Crippen LogP contribution in [0.2, 0.25) is 0 Å². The van der Waals surface area contributed by atoms with E-state index < -0.39 is 5.97 Å². The van der Waals surface area contributed by atoms with Crippen molar-refractivity contribution in [2.24, 2.45) is 0 Å². The molecule has 0 aromatic heterocycles. The maximum absolute atomic E-state index is 11.8. The zero-order chi connectivity index (χ0) is 18.4. The molecule has 0 fully saturated rings. The average molecular weight is 355 g/mol. The highest BCUT2D eigenvalue weighted by Gasteiger charge is 2.21. The van der Waals surface area contributed by atoms with Crippen LogP contribution in [0.5, 0.6) is 11.5 Å². The molecule has 1 atom stereocenters. The number of carbonyl (C=O) groups excluding carboxylic acids is 2. The van der Waals surface area contributed by atoms with Crippen LogP contribution in [0, 0.1) is 6.92 Å². The highest BCUT2D eigenvalue weighted by molar-refractivity contribution is 5.81. The Morgan fingerprint density at radius 1 is 1.12 bits per heavy atom. The average Bonchev–Trinajstić information content (AvgIpc) is 2.66. The zero-order valence-electron chi connectivity index (χ0n) is 14.6. The normalized spacial score (nSPS) is 15.2. The molecular weight excluding hydrogens is 334 g/mol. The lowest BCUT2D eigenvalue weighted by Crippen LogP contribution is -2.42. The predicted molar refractivity (Wildman–Crippen MR) is 95.2 cm³/mol. The standard InChI is InChI=1S/C20H21NO5/c1-14-6-8-15(9-7-14)10-20(23)25-13-19(22)21-11-16-12-24-17-4-2-3-5-18(17)26-16/h2-9,16H,10-13H2,1H3,(H,21,22). The molecule has 1 N–H and O–H groups in total. The van der Waals surface area contributed by atoms with Gasteiger partial charge in [-0.25, -0.2) is 0 Å². The summed E-state index contributed by atoms with van der Waals surface area (Å²) >= 11 is 0. The van der Waals surface area contributed by atoms with Gasteiger partial charge in [-0.1, -0.05) is 42.0 Å². The molecule has 0 bridgehead atoms. The molecule has 26 heavy (non-hydrogen) atoms. The smallest absolute Gasteiger partial charge is 0.310 e. The van der Waals surface area contributed by atoms with E-state index >= 15 is 0 Å². The van der Waals surface area contributed by atoms with Gasteiger partial charge >= 0.3 is 5.97 Å². The number of nitrogens with one attached hydrogen (secondary N) is 1. The minimum atomic E-state index is -0.435. The van der Waals surface area contributed by atoms with Crippen molar-refractivity contribution in [3.8, 4) is 11.5 Å². The minimum absolute atomic E-state index is 0.143. The maximum atomic E-state index is 11.8. The third kappa shape index (κ3) is 4.99. The lowest BCUT2D eigenvalue weighted by atomic mass is 10.1. The fourth-order valence-electron chi connectivity index (χ4n) is 2.51. The number of hydrogen-bond donors (Lipinski definition) is 1. The molecule has 6 nitrogen and oxygen atoms in total. The first-order chi connectivity index (χ1) is 12.6. The second-order valence-corrected chi connectivity index (χ2v) is 6.12. The number of fused-ring (bicyclic) bond motifs is 1. The minimum Gasteiger partial charge on any atom is -0.486 e. The molecule has 0 spiro atoms. The summed E-state index contributed by atoms with van der Waals surface area (Å²) in [4.78, 5) is 23.6. The molecule has 1 amide bonds. The molecule has 1 aliphatic heterocycles. The monoisotopic (exact) mass is 355 g/mol. The van der Waals surface area contributed by atoms with Gasteiger partial charge in [-0.2, -0.15) is 0 Å². The number of esters is 1. The van der Waals surface area contributed by atoms with Crippen molar-refractivity contribution in [3.05, 3.63) is 59.7 Å². The lowest BCUT2D eigenvalue weighted by molar-refractivity contribution is -0.148. The molecule has 2 aromatic rings. The number of aryl methyl sites for hydroxylation is 1. The third-order valence-electron chi connectivity index (χ3n) is 3.93. The highest BCUT2D eigenvalue weighted by Crippen LogP contribution is 2.30. The van der Waals surface area contributed by atoms with E-state index in [4.69, 9.17) is 14.2 Å². The van der Waals surface area contributed by atoms with Crippen molar-refractivity contribution in [2.75, 3.05) is 19.8 Å². The van der Waals surface area contributed by atoms with Crippen LogP contribution >= 0.6 is 0 Å². The molecule has 1 aliphatic rings. The summed E-state index contributed by atoms with van der Waals surface area (Å²) in [5, 5.41) is 2.69. The van der Waals surface area contributed by atoms with Crippen LogP contribution in [-0.4, -0.2) is 37.7 Å². The summed E-state index contributed by atoms with van der Waals surface area (Å²) in [6.45, 7) is 2.30. The Morgan fingerprint density at radius 3 is 2.62 bits per heavy atom. The van der Waals surface area contributed by atoms with E-state index in [9.17, 15) is 9.59 Å². The largest absolute Gasteiger partial charge is 0.486 e. The van der Waals surface area contributed by atoms with E-state index in [1.54, 1.807) is 0 Å². The van der Waals surface area contributed by atoms with Gasteiger partial charge in [0.1, 0.15) is 12.7 Å². The van der Waals surface area contributed by atoms with Crippen molar-refractivity contribution in [3.63, 3.8) is 0 Å². The molecular formula is C20H21NO5. The van der Waals surface area contributed by atoms with Gasteiger partial charge < -0.3 is 19.5 Å². The lowest BCUT2D eigenvalue weighted by Gasteiger charge is -2.26. The Labute approximate surface area is 152 Å². The molecule has 1 heterocycles. The van der Waals surface area contributed by atoms with E-state index in [-0.39, 0.29) is 31.6 Å². The Bertz CT molecular complexity index is 772. The van der Waals surface area contributed by atoms with Crippen LogP contribution in [0.3, 0.4) is 0 Å². The Morgan fingerprint density at radius 2 is 1.85 bits per heavy atom. The number of carbonyl (C=O) groups is 2. The number of amides is 1. The summed E-state index contributed by atoms with van der Waals surface area (Å²) in [6.07, 6.45) is -0.138. The number of rotatable bonds is 6. The number of para-hydroxylation sites is 2. The van der Waals surface area contributed by atoms with Gasteiger partial charge in [0.05, 0.1) is 13.0 Å². The Balaban J connectivity index is 1.37. The van der Waals surface area contributed by atoms with Crippen molar-refractivity contribution < 1.29 is 23.8 Å². The van der Waals surface area contributed by atoms with E-state index in [1.165, 1.54) is 0 Å². The fraction of sp³-hybridized carbons (Fsp3) is 0.300. The first kappa shape index (κ1) is 17.8. The Hall–Kier alpha value is -3.02. The van der Waals surface area contributed by atoms with Gasteiger partial charge in [0.2, 0.25) is 0 Å². The summed E-state index contributed by atoms with van der Waals surface area (Å²) in [6, 6.07) is 15.0. The van der Waals surface area contributed by atoms with Gasteiger partial charge in [-0.05, 0) is 24.6 Å². The second kappa shape index (κ2) is 8.38. The molecule has 0 radical (unpaired) electrons. The first-order valence-electron chi connectivity index (χ1n) is 8.46. The van der Waals surface area contributed by atoms with Crippen LogP contribution in [0.25, 0.3) is 0 Å². The van der Waals surface area contributed by atoms with Crippen molar-refractivity contribution in [1.29, 1.82) is 0 Å². The molecule has 3 rings (SSSR count). The van der Waals surface area contributed by atoms with Gasteiger partial charge in [-0.3, -0.25) is 9.59 Å². The van der Waals surface area contributed by atoms with Crippen LogP contribution in [0.4, 0.5) is 0 Å². The van der Waals surface area contributed by atoms with Gasteiger partial charge in [0.25, 0.3) is 5.91 Å². The van der Waals surface area contributed by atoms with Crippen LogP contribution in [0.1, 0.15) is 11.1 Å². The summed E-state index contributed by atoms with van der Waals surface area (Å²) < 4.78 is 16.3. The molecule has 136 valence electrons. The fourth-order valence-corrected chi connectivity index (χ4v) is 2.51. The van der Waals surface area contributed by atoms with Crippen LogP contribution in [-0.2, 0) is 20.7 Å². The molecule has 0 saturated heterocycles. The van der Waals surface area contributed by atoms with E-state index in [1.807, 2.05) is 55.5 Å². The Kier molecular flexibility index (Phi) is 5.73. The summed E-state index contributed by atoms with van der Waals surface area (Å²) in [5.41, 5.74) is 1.98. The summed E-state index contributed by atoms with van der Waals surface area (Å²) in [7, 11) is 0. The van der Waals surface area contributed by atoms with Gasteiger partial charge in [-0.15, -0.1) is 0 Å². The summed E-state index contributed by atoms with van der Waals surface area (Å²) in [5.74, 6) is 0.544. The van der Waals surface area contributed by atoms with Gasteiger partial charge in [0, 0.05) is 0 Å². The SMILES string of the molecule is Cc1ccc(CC(=O)OCC(=O)NCC2COc3ccccc3O2)cc1. The first-order valence-corrected chi connectivity index (χ1v) is 8.46. The van der Waals surface area contributed by atoms with Crippen LogP contribution in [0.15, 0.2) is 48.5 Å².